The molecule has 156 valence electrons. The number of halogens is 1. The molecule has 0 radical (unpaired) electrons. The van der Waals surface area contributed by atoms with Gasteiger partial charge in [-0.25, -0.2) is 0 Å². The number of aliphatic imine (C=N–C) groups is 1. The number of nitrogens with one attached hydrogen (secondary N) is 1. The lowest BCUT2D eigenvalue weighted by Crippen LogP contribution is -2.39. The molecule has 1 amide bonds. The number of nitrogens with two attached hydrogens (primary N) is 1. The van der Waals surface area contributed by atoms with E-state index in [4.69, 9.17) is 19.9 Å². The van der Waals surface area contributed by atoms with Crippen LogP contribution in [0.3, 0.4) is 0 Å². The quantitative estimate of drug-likeness (QED) is 0.256. The van der Waals surface area contributed by atoms with Gasteiger partial charge in [0.05, 0.1) is 19.9 Å². The van der Waals surface area contributed by atoms with Crippen molar-refractivity contribution in [3.8, 4) is 17.2 Å². The number of ether oxygens (including phenoxy) is 3. The van der Waals surface area contributed by atoms with Crippen molar-refractivity contribution < 1.29 is 19.0 Å². The molecule has 0 fully saturated rings. The van der Waals surface area contributed by atoms with Gasteiger partial charge in [-0.05, 0) is 30.7 Å². The van der Waals surface area contributed by atoms with Gasteiger partial charge in [-0.3, -0.25) is 9.79 Å². The molecule has 0 aliphatic carbocycles. The number of amides is 1. The van der Waals surface area contributed by atoms with E-state index in [0.29, 0.717) is 37.0 Å². The number of methoxy groups -OCH3 is 2. The molecule has 2 aromatic carbocycles. The highest BCUT2D eigenvalue weighted by molar-refractivity contribution is 14.0. The van der Waals surface area contributed by atoms with Crippen molar-refractivity contribution in [2.75, 3.05) is 44.1 Å². The molecule has 0 saturated carbocycles. The fourth-order valence-corrected chi connectivity index (χ4v) is 2.93. The van der Waals surface area contributed by atoms with Crippen LogP contribution in [0.1, 0.15) is 6.42 Å². The summed E-state index contributed by atoms with van der Waals surface area (Å²) in [6.45, 7) is 1.09. The van der Waals surface area contributed by atoms with Gasteiger partial charge >= 0.3 is 0 Å². The third kappa shape index (κ3) is 5.66. The number of carbonyl (C=O) groups excluding carboxylic acids is 1. The number of carbonyl (C=O) groups is 1. The van der Waals surface area contributed by atoms with E-state index in [2.05, 4.69) is 10.3 Å². The van der Waals surface area contributed by atoms with E-state index in [-0.39, 0.29) is 36.5 Å². The lowest BCUT2D eigenvalue weighted by atomic mass is 10.2. The zero-order valence-electron chi connectivity index (χ0n) is 16.4. The van der Waals surface area contributed by atoms with Crippen LogP contribution in [0.2, 0.25) is 0 Å². The van der Waals surface area contributed by atoms with Gasteiger partial charge in [-0.2, -0.15) is 0 Å². The van der Waals surface area contributed by atoms with Crippen LogP contribution in [-0.4, -0.2) is 45.8 Å². The van der Waals surface area contributed by atoms with Crippen LogP contribution >= 0.6 is 24.0 Å². The second-order valence-electron chi connectivity index (χ2n) is 6.12. The second-order valence-corrected chi connectivity index (χ2v) is 6.12. The number of nitrogens with zero attached hydrogens (tertiary/aromatic N) is 2. The first kappa shape index (κ1) is 22.6. The molecule has 0 unspecified atom stereocenters. The fourth-order valence-electron chi connectivity index (χ4n) is 2.93. The van der Waals surface area contributed by atoms with Gasteiger partial charge in [0.15, 0.2) is 24.1 Å². The largest absolute Gasteiger partial charge is 0.493 e. The number of fused-ring (bicyclic) bond motifs is 1. The van der Waals surface area contributed by atoms with E-state index >= 15 is 0 Å². The van der Waals surface area contributed by atoms with Gasteiger partial charge in [0.25, 0.3) is 5.91 Å². The molecule has 8 nitrogen and oxygen atoms in total. The van der Waals surface area contributed by atoms with Crippen molar-refractivity contribution in [3.05, 3.63) is 42.5 Å². The van der Waals surface area contributed by atoms with E-state index in [1.165, 1.54) is 0 Å². The summed E-state index contributed by atoms with van der Waals surface area (Å²) in [4.78, 5) is 18.2. The number of guanidine groups is 1. The molecule has 0 spiro atoms. The molecule has 0 aromatic heterocycles. The van der Waals surface area contributed by atoms with Crippen LogP contribution in [0.4, 0.5) is 11.4 Å². The summed E-state index contributed by atoms with van der Waals surface area (Å²) in [5, 5.41) is 3.02. The Bertz CT molecular complexity index is 875. The molecule has 1 heterocycles. The summed E-state index contributed by atoms with van der Waals surface area (Å²) in [6.07, 6.45) is 0.675. The van der Waals surface area contributed by atoms with Crippen LogP contribution < -0.4 is 30.2 Å². The molecule has 9 heteroatoms. The highest BCUT2D eigenvalue weighted by atomic mass is 127. The standard InChI is InChI=1S/C20H24N4O4.HI/c1-26-17-9-8-14(12-18(17)27-2)23-20(21)22-10-5-11-24-15-6-3-4-7-16(15)28-13-19(24)25;/h3-4,6-9,12H,5,10-11,13H2,1-2H3,(H3,21,22,23);1H. The number of para-hydroxylation sites is 2. The Morgan fingerprint density at radius 2 is 1.97 bits per heavy atom. The Kier molecular flexibility index (Phi) is 8.37. The molecule has 1 aliphatic heterocycles. The first-order chi connectivity index (χ1) is 13.6. The van der Waals surface area contributed by atoms with Gasteiger partial charge in [-0.15, -0.1) is 24.0 Å². The first-order valence-electron chi connectivity index (χ1n) is 8.93. The minimum Gasteiger partial charge on any atom is -0.493 e. The monoisotopic (exact) mass is 512 g/mol. The van der Waals surface area contributed by atoms with Gasteiger partial charge in [-0.1, -0.05) is 12.1 Å². The fraction of sp³-hybridized carbons (Fsp3) is 0.300. The Balaban J connectivity index is 0.00000300. The van der Waals surface area contributed by atoms with Crippen molar-refractivity contribution in [2.45, 2.75) is 6.42 Å². The number of hydrogen-bond donors (Lipinski definition) is 2. The van der Waals surface area contributed by atoms with E-state index in [9.17, 15) is 4.79 Å². The average Bonchev–Trinajstić information content (AvgIpc) is 2.72. The highest BCUT2D eigenvalue weighted by Crippen LogP contribution is 2.31. The Morgan fingerprint density at radius 3 is 2.72 bits per heavy atom. The summed E-state index contributed by atoms with van der Waals surface area (Å²) in [5.74, 6) is 2.20. The third-order valence-electron chi connectivity index (χ3n) is 4.29. The SMILES string of the molecule is COc1ccc(NC(N)=NCCCN2C(=O)COc3ccccc32)cc1OC.I. The first-order valence-corrected chi connectivity index (χ1v) is 8.93. The van der Waals surface area contributed by atoms with Crippen molar-refractivity contribution >= 4 is 47.2 Å². The molecule has 0 saturated heterocycles. The van der Waals surface area contributed by atoms with Gasteiger partial charge < -0.3 is 30.2 Å². The van der Waals surface area contributed by atoms with Crippen molar-refractivity contribution in [3.63, 3.8) is 0 Å². The predicted octanol–water partition coefficient (Wildman–Crippen LogP) is 2.86. The smallest absolute Gasteiger partial charge is 0.265 e. The minimum absolute atomic E-state index is 0. The van der Waals surface area contributed by atoms with Crippen molar-refractivity contribution in [1.29, 1.82) is 0 Å². The Morgan fingerprint density at radius 1 is 1.21 bits per heavy atom. The summed E-state index contributed by atoms with van der Waals surface area (Å²) in [7, 11) is 3.16. The van der Waals surface area contributed by atoms with Crippen molar-refractivity contribution in [1.82, 2.24) is 0 Å². The lowest BCUT2D eigenvalue weighted by molar-refractivity contribution is -0.121. The maximum Gasteiger partial charge on any atom is 0.265 e. The summed E-state index contributed by atoms with van der Waals surface area (Å²) in [6, 6.07) is 12.9. The van der Waals surface area contributed by atoms with Gasteiger partial charge in [0.1, 0.15) is 5.75 Å². The minimum atomic E-state index is -0.0564. The van der Waals surface area contributed by atoms with Gasteiger partial charge in [0.2, 0.25) is 0 Å². The van der Waals surface area contributed by atoms with E-state index in [0.717, 1.165) is 17.1 Å². The lowest BCUT2D eigenvalue weighted by Gasteiger charge is -2.29. The van der Waals surface area contributed by atoms with Crippen LogP contribution in [-0.2, 0) is 4.79 Å². The normalized spacial score (nSPS) is 13.1. The molecular weight excluding hydrogens is 487 g/mol. The molecule has 3 rings (SSSR count). The van der Waals surface area contributed by atoms with Crippen LogP contribution in [0.5, 0.6) is 17.2 Å². The molecule has 2 aromatic rings. The number of rotatable bonds is 7. The number of anilines is 2. The van der Waals surface area contributed by atoms with E-state index in [1.54, 1.807) is 31.3 Å². The van der Waals surface area contributed by atoms with Gasteiger partial charge in [0, 0.05) is 24.8 Å². The third-order valence-corrected chi connectivity index (χ3v) is 4.29. The molecule has 0 atom stereocenters. The maximum atomic E-state index is 12.1. The molecule has 1 aliphatic rings. The maximum absolute atomic E-state index is 12.1. The molecule has 0 bridgehead atoms. The highest BCUT2D eigenvalue weighted by Gasteiger charge is 2.24. The topological polar surface area (TPSA) is 98.4 Å². The van der Waals surface area contributed by atoms with Crippen LogP contribution in [0, 0.1) is 0 Å². The Hall–Kier alpha value is -2.69. The molecule has 29 heavy (non-hydrogen) atoms. The van der Waals surface area contributed by atoms with Crippen LogP contribution in [0.25, 0.3) is 0 Å². The van der Waals surface area contributed by atoms with E-state index in [1.807, 2.05) is 30.3 Å². The predicted molar refractivity (Wildman–Crippen MR) is 124 cm³/mol. The number of hydrogen-bond acceptors (Lipinski definition) is 5. The average molecular weight is 512 g/mol. The second kappa shape index (κ2) is 10.7. The summed E-state index contributed by atoms with van der Waals surface area (Å²) < 4.78 is 15.9. The van der Waals surface area contributed by atoms with Crippen molar-refractivity contribution in [2.24, 2.45) is 10.7 Å². The Labute approximate surface area is 187 Å². The summed E-state index contributed by atoms with van der Waals surface area (Å²) in [5.41, 5.74) is 7.49. The summed E-state index contributed by atoms with van der Waals surface area (Å²) >= 11 is 0. The molecule has 3 N–H and O–H groups in total. The number of benzene rings is 2. The van der Waals surface area contributed by atoms with Crippen LogP contribution in [0.15, 0.2) is 47.5 Å². The molecular formula is C20H25IN4O4. The van der Waals surface area contributed by atoms with E-state index < -0.39 is 0 Å². The zero-order valence-corrected chi connectivity index (χ0v) is 18.7. The zero-order chi connectivity index (χ0) is 19.9.